The smallest absolute Gasteiger partial charge is 0.225 e. The Morgan fingerprint density at radius 2 is 2.12 bits per heavy atom. The SMILES string of the molecule is C[C@H]1C[C@H](C(N)=O)c2ccccc2N1Cc1cc(C#N)ccc1F. The van der Waals surface area contributed by atoms with Crippen molar-refractivity contribution < 1.29 is 9.18 Å². The summed E-state index contributed by atoms with van der Waals surface area (Å²) < 4.78 is 14.2. The van der Waals surface area contributed by atoms with Crippen LogP contribution in [0.3, 0.4) is 0 Å². The fourth-order valence-electron chi connectivity index (χ4n) is 3.34. The first kappa shape index (κ1) is 16.0. The Balaban J connectivity index is 2.01. The lowest BCUT2D eigenvalue weighted by Crippen LogP contribution is -2.41. The lowest BCUT2D eigenvalue weighted by Gasteiger charge is -2.40. The Morgan fingerprint density at radius 3 is 2.83 bits per heavy atom. The van der Waals surface area contributed by atoms with Crippen molar-refractivity contribution >= 4 is 11.6 Å². The number of anilines is 1. The standard InChI is InChI=1S/C19H18FN3O/c1-12-8-16(19(22)24)15-4-2-3-5-18(15)23(12)11-14-9-13(10-21)6-7-17(14)20/h2-7,9,12,16H,8,11H2,1H3,(H2,22,24)/t12-,16-/m0/s1. The van der Waals surface area contributed by atoms with Crippen molar-refractivity contribution in [1.82, 2.24) is 0 Å². The van der Waals surface area contributed by atoms with Gasteiger partial charge in [-0.1, -0.05) is 18.2 Å². The molecule has 0 saturated heterocycles. The number of amides is 1. The van der Waals surface area contributed by atoms with Crippen LogP contribution >= 0.6 is 0 Å². The van der Waals surface area contributed by atoms with Gasteiger partial charge in [0.15, 0.2) is 0 Å². The van der Waals surface area contributed by atoms with Gasteiger partial charge in [0.2, 0.25) is 5.91 Å². The number of primary amides is 1. The number of halogens is 1. The van der Waals surface area contributed by atoms with Crippen LogP contribution in [0.4, 0.5) is 10.1 Å². The maximum absolute atomic E-state index is 14.2. The van der Waals surface area contributed by atoms with Gasteiger partial charge in [0, 0.05) is 23.8 Å². The fraction of sp³-hybridized carbons (Fsp3) is 0.263. The molecule has 1 aliphatic rings. The van der Waals surface area contributed by atoms with E-state index in [0.717, 1.165) is 11.3 Å². The Labute approximate surface area is 140 Å². The van der Waals surface area contributed by atoms with E-state index in [-0.39, 0.29) is 23.7 Å². The molecule has 0 aromatic heterocycles. The summed E-state index contributed by atoms with van der Waals surface area (Å²) in [7, 11) is 0. The molecular weight excluding hydrogens is 305 g/mol. The van der Waals surface area contributed by atoms with Gasteiger partial charge in [-0.15, -0.1) is 0 Å². The molecule has 0 aliphatic carbocycles. The quantitative estimate of drug-likeness (QED) is 0.943. The maximum Gasteiger partial charge on any atom is 0.225 e. The molecule has 0 unspecified atom stereocenters. The minimum atomic E-state index is -0.341. The molecule has 1 amide bonds. The highest BCUT2D eigenvalue weighted by Gasteiger charge is 2.33. The number of fused-ring (bicyclic) bond motifs is 1. The topological polar surface area (TPSA) is 70.1 Å². The minimum absolute atomic E-state index is 0.0301. The second-order valence-corrected chi connectivity index (χ2v) is 6.14. The van der Waals surface area contributed by atoms with Crippen LogP contribution in [0.5, 0.6) is 0 Å². The summed E-state index contributed by atoms with van der Waals surface area (Å²) in [6.07, 6.45) is 0.589. The highest BCUT2D eigenvalue weighted by Crippen LogP contribution is 2.39. The van der Waals surface area contributed by atoms with Gasteiger partial charge in [0.1, 0.15) is 5.82 Å². The predicted molar refractivity (Wildman–Crippen MR) is 89.8 cm³/mol. The van der Waals surface area contributed by atoms with E-state index in [1.165, 1.54) is 12.1 Å². The number of nitriles is 1. The molecule has 24 heavy (non-hydrogen) atoms. The van der Waals surface area contributed by atoms with Crippen LogP contribution < -0.4 is 10.6 Å². The van der Waals surface area contributed by atoms with Gasteiger partial charge in [-0.25, -0.2) is 4.39 Å². The van der Waals surface area contributed by atoms with Crippen LogP contribution in [0.25, 0.3) is 0 Å². The molecule has 122 valence electrons. The molecule has 3 rings (SSSR count). The molecule has 0 fully saturated rings. The molecule has 2 atom stereocenters. The first-order valence-electron chi connectivity index (χ1n) is 7.84. The summed E-state index contributed by atoms with van der Waals surface area (Å²) in [5, 5.41) is 9.03. The lowest BCUT2D eigenvalue weighted by molar-refractivity contribution is -0.119. The molecule has 0 bridgehead atoms. The third kappa shape index (κ3) is 2.83. The average Bonchev–Trinajstić information content (AvgIpc) is 2.58. The van der Waals surface area contributed by atoms with E-state index in [0.29, 0.717) is 24.1 Å². The van der Waals surface area contributed by atoms with Crippen molar-refractivity contribution in [2.45, 2.75) is 31.8 Å². The molecule has 2 N–H and O–H groups in total. The second kappa shape index (κ2) is 6.32. The second-order valence-electron chi connectivity index (χ2n) is 6.14. The summed E-state index contributed by atoms with van der Waals surface area (Å²) >= 11 is 0. The largest absolute Gasteiger partial charge is 0.369 e. The van der Waals surface area contributed by atoms with E-state index in [4.69, 9.17) is 11.0 Å². The van der Waals surface area contributed by atoms with Crippen molar-refractivity contribution in [3.8, 4) is 6.07 Å². The van der Waals surface area contributed by atoms with Gasteiger partial charge in [0.25, 0.3) is 0 Å². The zero-order chi connectivity index (χ0) is 17.3. The summed E-state index contributed by atoms with van der Waals surface area (Å²) in [4.78, 5) is 13.8. The Hall–Kier alpha value is -2.87. The van der Waals surface area contributed by atoms with E-state index < -0.39 is 0 Å². The first-order valence-corrected chi connectivity index (χ1v) is 7.84. The van der Waals surface area contributed by atoms with Gasteiger partial charge < -0.3 is 10.6 Å². The summed E-state index contributed by atoms with van der Waals surface area (Å²) in [6, 6.07) is 14.0. The Bertz CT molecular complexity index is 828. The summed E-state index contributed by atoms with van der Waals surface area (Å²) in [6.45, 7) is 2.34. The number of hydrogen-bond acceptors (Lipinski definition) is 3. The predicted octanol–water partition coefficient (Wildman–Crippen LogP) is 3.07. The van der Waals surface area contributed by atoms with Crippen molar-refractivity contribution in [3.05, 3.63) is 65.0 Å². The number of carbonyl (C=O) groups is 1. The highest BCUT2D eigenvalue weighted by atomic mass is 19.1. The number of nitrogens with two attached hydrogens (primary N) is 1. The molecule has 1 heterocycles. The van der Waals surface area contributed by atoms with Crippen LogP contribution in [-0.2, 0) is 11.3 Å². The van der Waals surface area contributed by atoms with Crippen LogP contribution in [-0.4, -0.2) is 11.9 Å². The van der Waals surface area contributed by atoms with E-state index >= 15 is 0 Å². The normalized spacial score (nSPS) is 19.5. The zero-order valence-corrected chi connectivity index (χ0v) is 13.4. The molecule has 1 aliphatic heterocycles. The molecule has 0 saturated carbocycles. The Kier molecular flexibility index (Phi) is 4.22. The van der Waals surface area contributed by atoms with E-state index in [1.807, 2.05) is 37.3 Å². The average molecular weight is 323 g/mol. The number of carbonyl (C=O) groups excluding carboxylic acids is 1. The number of hydrogen-bond donors (Lipinski definition) is 1. The zero-order valence-electron chi connectivity index (χ0n) is 13.4. The van der Waals surface area contributed by atoms with E-state index in [2.05, 4.69) is 4.90 Å². The van der Waals surface area contributed by atoms with E-state index in [1.54, 1.807) is 6.07 Å². The van der Waals surface area contributed by atoms with Gasteiger partial charge in [-0.2, -0.15) is 5.26 Å². The van der Waals surface area contributed by atoms with Crippen LogP contribution in [0.1, 0.15) is 36.0 Å². The van der Waals surface area contributed by atoms with Crippen LogP contribution in [0.2, 0.25) is 0 Å². The molecule has 2 aromatic rings. The minimum Gasteiger partial charge on any atom is -0.369 e. The van der Waals surface area contributed by atoms with Gasteiger partial charge in [0.05, 0.1) is 17.6 Å². The molecule has 4 nitrogen and oxygen atoms in total. The molecule has 5 heteroatoms. The third-order valence-corrected chi connectivity index (χ3v) is 4.59. The third-order valence-electron chi connectivity index (χ3n) is 4.59. The lowest BCUT2D eigenvalue weighted by atomic mass is 9.85. The maximum atomic E-state index is 14.2. The highest BCUT2D eigenvalue weighted by molar-refractivity contribution is 5.85. The monoisotopic (exact) mass is 323 g/mol. The van der Waals surface area contributed by atoms with Crippen LogP contribution in [0, 0.1) is 17.1 Å². The van der Waals surface area contributed by atoms with E-state index in [9.17, 15) is 9.18 Å². The van der Waals surface area contributed by atoms with Gasteiger partial charge >= 0.3 is 0 Å². The number of rotatable bonds is 3. The molecule has 0 radical (unpaired) electrons. The van der Waals surface area contributed by atoms with Gasteiger partial charge in [-0.05, 0) is 43.2 Å². The van der Waals surface area contributed by atoms with Gasteiger partial charge in [-0.3, -0.25) is 4.79 Å². The number of nitrogens with zero attached hydrogens (tertiary/aromatic N) is 2. The molecule has 0 spiro atoms. The molecular formula is C19H18FN3O. The number of benzene rings is 2. The van der Waals surface area contributed by atoms with Crippen molar-refractivity contribution in [2.75, 3.05) is 4.90 Å². The van der Waals surface area contributed by atoms with Crippen molar-refractivity contribution in [2.24, 2.45) is 5.73 Å². The summed E-state index contributed by atoms with van der Waals surface area (Å²) in [5.74, 6) is -1.01. The summed E-state index contributed by atoms with van der Waals surface area (Å²) in [5.41, 5.74) is 8.21. The van der Waals surface area contributed by atoms with Crippen molar-refractivity contribution in [3.63, 3.8) is 0 Å². The molecule has 2 aromatic carbocycles. The first-order chi connectivity index (χ1) is 11.5. The Morgan fingerprint density at radius 1 is 1.38 bits per heavy atom. The van der Waals surface area contributed by atoms with Crippen LogP contribution in [0.15, 0.2) is 42.5 Å². The number of para-hydroxylation sites is 1. The fourth-order valence-corrected chi connectivity index (χ4v) is 3.34. The van der Waals surface area contributed by atoms with Crippen molar-refractivity contribution in [1.29, 1.82) is 5.26 Å².